The van der Waals surface area contributed by atoms with Crippen molar-refractivity contribution >= 4 is 35.8 Å². The molecule has 50 heavy (non-hydrogen) atoms. The fourth-order valence-corrected chi connectivity index (χ4v) is 15.3. The van der Waals surface area contributed by atoms with Gasteiger partial charge in [0.1, 0.15) is 0 Å². The summed E-state index contributed by atoms with van der Waals surface area (Å²) in [6.45, 7) is 12.8. The van der Waals surface area contributed by atoms with Gasteiger partial charge in [-0.2, -0.15) is 0 Å². The van der Waals surface area contributed by atoms with Gasteiger partial charge in [0.2, 0.25) is 0 Å². The molecule has 0 aromatic carbocycles. The molecule has 18 unspecified atom stereocenters. The van der Waals surface area contributed by atoms with Crippen LogP contribution in [0.1, 0.15) is 99.3 Å². The standard InChI is InChI=1S/C41H54O9/c1-40(2,3)24-15-18-9-12-21(24)27(18)31-29(35(43)49-37(31)45)22-13-16-7-10-19(22)25(16)30-28(34(42)48-36(30)44)23-14-17-8-11-20(23)26(17)32-33(41(4,5)6)39(47)50-38(32)46/h16-33H,7-15H2,1-6H3. The van der Waals surface area contributed by atoms with Crippen molar-refractivity contribution in [1.29, 1.82) is 0 Å². The molecule has 0 aromatic heterocycles. The molecule has 0 spiro atoms. The van der Waals surface area contributed by atoms with Gasteiger partial charge in [-0.25, -0.2) is 0 Å². The van der Waals surface area contributed by atoms with Crippen molar-refractivity contribution in [3.8, 4) is 0 Å². The predicted octanol–water partition coefficient (Wildman–Crippen LogP) is 6.01. The molecule has 272 valence electrons. The molecule has 18 atom stereocenters. The van der Waals surface area contributed by atoms with Crippen LogP contribution in [0.2, 0.25) is 0 Å². The van der Waals surface area contributed by atoms with Crippen molar-refractivity contribution in [3.63, 3.8) is 0 Å². The molecule has 0 radical (unpaired) electrons. The van der Waals surface area contributed by atoms with Crippen molar-refractivity contribution in [1.82, 2.24) is 0 Å². The maximum atomic E-state index is 13.8. The third kappa shape index (κ3) is 4.55. The number of carbonyl (C=O) groups excluding carboxylic acids is 6. The number of hydrogen-bond acceptors (Lipinski definition) is 9. The quantitative estimate of drug-likeness (QED) is 0.193. The summed E-state index contributed by atoms with van der Waals surface area (Å²) < 4.78 is 16.3. The number of fused-ring (bicyclic) bond motifs is 6. The van der Waals surface area contributed by atoms with Crippen molar-refractivity contribution in [2.24, 2.45) is 117 Å². The van der Waals surface area contributed by atoms with Crippen molar-refractivity contribution < 1.29 is 43.0 Å². The molecular formula is C41H54O9. The Morgan fingerprint density at radius 3 is 1.24 bits per heavy atom. The minimum atomic E-state index is -0.584. The van der Waals surface area contributed by atoms with Gasteiger partial charge in [-0.05, 0) is 140 Å². The number of ether oxygens (including phenoxy) is 3. The van der Waals surface area contributed by atoms with Crippen LogP contribution in [0.15, 0.2) is 0 Å². The zero-order chi connectivity index (χ0) is 35.3. The van der Waals surface area contributed by atoms with Crippen molar-refractivity contribution in [2.75, 3.05) is 0 Å². The smallest absolute Gasteiger partial charge is 0.318 e. The SMILES string of the molecule is CC(C)(C)C1CC2CCC1C2C1C(=O)OC(=O)C1C1CC2CCC1C2C1C(=O)OC(=O)C1C1CC2CCC1C2C1C(=O)OC(=O)C1C(C)(C)C. The summed E-state index contributed by atoms with van der Waals surface area (Å²) in [6.07, 6.45) is 8.45. The maximum absolute atomic E-state index is 13.8. The molecule has 0 N–H and O–H groups in total. The van der Waals surface area contributed by atoms with E-state index >= 15 is 0 Å². The fourth-order valence-electron chi connectivity index (χ4n) is 15.3. The van der Waals surface area contributed by atoms with Gasteiger partial charge in [0.15, 0.2) is 0 Å². The third-order valence-corrected chi connectivity index (χ3v) is 16.6. The lowest BCUT2D eigenvalue weighted by atomic mass is 9.64. The van der Waals surface area contributed by atoms with Crippen LogP contribution in [0.4, 0.5) is 0 Å². The van der Waals surface area contributed by atoms with E-state index in [1.807, 2.05) is 20.8 Å². The lowest BCUT2D eigenvalue weighted by Gasteiger charge is -2.36. The molecule has 9 fully saturated rings. The Morgan fingerprint density at radius 1 is 0.400 bits per heavy atom. The average molecular weight is 691 g/mol. The highest BCUT2D eigenvalue weighted by molar-refractivity contribution is 5.99. The first-order valence-corrected chi connectivity index (χ1v) is 19.8. The second-order valence-electron chi connectivity index (χ2n) is 20.4. The molecular weight excluding hydrogens is 636 g/mol. The van der Waals surface area contributed by atoms with E-state index in [1.54, 1.807) is 0 Å². The lowest BCUT2D eigenvalue weighted by Crippen LogP contribution is -2.40. The third-order valence-electron chi connectivity index (χ3n) is 16.6. The van der Waals surface area contributed by atoms with Crippen LogP contribution in [0.25, 0.3) is 0 Å². The van der Waals surface area contributed by atoms with E-state index in [1.165, 1.54) is 0 Å². The van der Waals surface area contributed by atoms with Gasteiger partial charge >= 0.3 is 35.8 Å². The Hall–Kier alpha value is -2.58. The number of hydrogen-bond donors (Lipinski definition) is 0. The Kier molecular flexibility index (Phi) is 7.30. The Morgan fingerprint density at radius 2 is 0.780 bits per heavy atom. The molecule has 3 saturated heterocycles. The largest absolute Gasteiger partial charge is 0.393 e. The van der Waals surface area contributed by atoms with Gasteiger partial charge in [-0.1, -0.05) is 41.5 Å². The maximum Gasteiger partial charge on any atom is 0.318 e. The minimum Gasteiger partial charge on any atom is -0.393 e. The van der Waals surface area contributed by atoms with Crippen LogP contribution in [0.3, 0.4) is 0 Å². The van der Waals surface area contributed by atoms with E-state index < -0.39 is 64.8 Å². The predicted molar refractivity (Wildman–Crippen MR) is 177 cm³/mol. The molecule has 6 aliphatic carbocycles. The van der Waals surface area contributed by atoms with Crippen LogP contribution >= 0.6 is 0 Å². The molecule has 3 heterocycles. The molecule has 9 nitrogen and oxygen atoms in total. The van der Waals surface area contributed by atoms with Crippen molar-refractivity contribution in [2.45, 2.75) is 99.3 Å². The first-order valence-electron chi connectivity index (χ1n) is 19.8. The van der Waals surface area contributed by atoms with Crippen LogP contribution in [0, 0.1) is 117 Å². The Bertz CT molecular complexity index is 1550. The molecule has 9 aliphatic rings. The topological polar surface area (TPSA) is 130 Å². The van der Waals surface area contributed by atoms with E-state index in [0.717, 1.165) is 57.8 Å². The molecule has 0 aromatic rings. The number of esters is 6. The second-order valence-corrected chi connectivity index (χ2v) is 20.4. The van der Waals surface area contributed by atoms with Gasteiger partial charge in [-0.3, -0.25) is 28.8 Å². The molecule has 9 rings (SSSR count). The second kappa shape index (κ2) is 11.0. The average Bonchev–Trinajstić information content (AvgIpc) is 3.89. The van der Waals surface area contributed by atoms with Crippen molar-refractivity contribution in [3.05, 3.63) is 0 Å². The van der Waals surface area contributed by atoms with Crippen LogP contribution in [-0.2, 0) is 43.0 Å². The van der Waals surface area contributed by atoms with Crippen LogP contribution in [-0.4, -0.2) is 35.8 Å². The van der Waals surface area contributed by atoms with E-state index in [9.17, 15) is 28.8 Å². The zero-order valence-corrected chi connectivity index (χ0v) is 30.4. The number of carbonyl (C=O) groups is 6. The summed E-state index contributed by atoms with van der Waals surface area (Å²) in [6, 6.07) is 0. The summed E-state index contributed by atoms with van der Waals surface area (Å²) in [5, 5.41) is 0. The summed E-state index contributed by atoms with van der Waals surface area (Å²) in [4.78, 5) is 81.1. The first-order chi connectivity index (χ1) is 23.6. The summed E-state index contributed by atoms with van der Waals surface area (Å²) in [5.74, 6) is -3.86. The minimum absolute atomic E-state index is 0.0366. The van der Waals surface area contributed by atoms with Crippen LogP contribution in [0.5, 0.6) is 0 Å². The van der Waals surface area contributed by atoms with Gasteiger partial charge in [-0.15, -0.1) is 0 Å². The Labute approximate surface area is 295 Å². The van der Waals surface area contributed by atoms with Gasteiger partial charge in [0.25, 0.3) is 0 Å². The van der Waals surface area contributed by atoms with Gasteiger partial charge < -0.3 is 14.2 Å². The van der Waals surface area contributed by atoms with E-state index in [2.05, 4.69) is 20.8 Å². The Balaban J connectivity index is 0.997. The van der Waals surface area contributed by atoms with E-state index in [-0.39, 0.29) is 70.6 Å². The highest BCUT2D eigenvalue weighted by atomic mass is 16.6. The number of cyclic esters (lactones) is 6. The molecule has 6 saturated carbocycles. The normalized spacial score (nSPS) is 51.0. The number of rotatable bonds is 5. The van der Waals surface area contributed by atoms with Gasteiger partial charge in [0, 0.05) is 0 Å². The first kappa shape index (κ1) is 33.3. The molecule has 3 aliphatic heterocycles. The summed E-state index contributed by atoms with van der Waals surface area (Å²) >= 11 is 0. The van der Waals surface area contributed by atoms with E-state index in [0.29, 0.717) is 17.8 Å². The highest BCUT2D eigenvalue weighted by Crippen LogP contribution is 2.68. The highest BCUT2D eigenvalue weighted by Gasteiger charge is 2.69. The molecule has 0 amide bonds. The molecule has 9 heteroatoms. The van der Waals surface area contributed by atoms with Gasteiger partial charge in [0.05, 0.1) is 35.5 Å². The summed E-state index contributed by atoms with van der Waals surface area (Å²) in [5.41, 5.74) is -0.303. The van der Waals surface area contributed by atoms with E-state index in [4.69, 9.17) is 14.2 Å². The zero-order valence-electron chi connectivity index (χ0n) is 30.4. The fraction of sp³-hybridized carbons (Fsp3) is 0.854. The monoisotopic (exact) mass is 690 g/mol. The lowest BCUT2D eigenvalue weighted by molar-refractivity contribution is -0.156. The summed E-state index contributed by atoms with van der Waals surface area (Å²) in [7, 11) is 0. The molecule has 6 bridgehead atoms. The van der Waals surface area contributed by atoms with Crippen LogP contribution < -0.4 is 0 Å².